The zero-order chi connectivity index (χ0) is 12.4. The molecule has 16 heavy (non-hydrogen) atoms. The van der Waals surface area contributed by atoms with Crippen LogP contribution in [0.15, 0.2) is 0 Å². The zero-order valence-electron chi connectivity index (χ0n) is 11.6. The molecule has 0 bridgehead atoms. The van der Waals surface area contributed by atoms with Crippen molar-refractivity contribution in [1.82, 2.24) is 14.7 Å². The maximum Gasteiger partial charge on any atom is 0.0110 e. The van der Waals surface area contributed by atoms with E-state index >= 15 is 0 Å². The minimum absolute atomic E-state index is 0.756. The Morgan fingerprint density at radius 3 is 1.69 bits per heavy atom. The summed E-state index contributed by atoms with van der Waals surface area (Å²) in [4.78, 5) is 7.14. The second-order valence-corrected chi connectivity index (χ2v) is 4.46. The highest BCUT2D eigenvalue weighted by Gasteiger charge is 2.06. The molecule has 0 saturated carbocycles. The van der Waals surface area contributed by atoms with E-state index in [9.17, 15) is 0 Å². The Balaban J connectivity index is 3.82. The highest BCUT2D eigenvalue weighted by molar-refractivity contribution is 4.63. The summed E-state index contributed by atoms with van der Waals surface area (Å²) in [5, 5.41) is 0. The van der Waals surface area contributed by atoms with Gasteiger partial charge >= 0.3 is 0 Å². The van der Waals surface area contributed by atoms with E-state index in [1.54, 1.807) is 0 Å². The van der Waals surface area contributed by atoms with Crippen molar-refractivity contribution in [2.24, 2.45) is 5.73 Å². The van der Waals surface area contributed by atoms with E-state index in [0.29, 0.717) is 0 Å². The smallest absolute Gasteiger partial charge is 0.0110 e. The number of nitrogens with zero attached hydrogens (tertiary/aromatic N) is 3. The topological polar surface area (TPSA) is 35.7 Å². The van der Waals surface area contributed by atoms with Crippen molar-refractivity contribution in [2.45, 2.75) is 13.8 Å². The van der Waals surface area contributed by atoms with Crippen molar-refractivity contribution in [3.8, 4) is 0 Å². The molecule has 0 aromatic carbocycles. The van der Waals surface area contributed by atoms with Gasteiger partial charge in [0.25, 0.3) is 0 Å². The highest BCUT2D eigenvalue weighted by atomic mass is 15.2. The van der Waals surface area contributed by atoms with Gasteiger partial charge in [-0.15, -0.1) is 0 Å². The number of hydrogen-bond donors (Lipinski definition) is 1. The van der Waals surface area contributed by atoms with Gasteiger partial charge in [0.15, 0.2) is 0 Å². The van der Waals surface area contributed by atoms with Crippen LogP contribution >= 0.6 is 0 Å². The first-order valence-corrected chi connectivity index (χ1v) is 6.43. The summed E-state index contributed by atoms with van der Waals surface area (Å²) in [5.74, 6) is 0. The fourth-order valence-electron chi connectivity index (χ4n) is 1.68. The van der Waals surface area contributed by atoms with Crippen molar-refractivity contribution in [3.63, 3.8) is 0 Å². The molecule has 0 aromatic heterocycles. The van der Waals surface area contributed by atoms with Gasteiger partial charge in [-0.2, -0.15) is 0 Å². The van der Waals surface area contributed by atoms with E-state index in [1.807, 2.05) is 0 Å². The lowest BCUT2D eigenvalue weighted by Gasteiger charge is -2.26. The van der Waals surface area contributed by atoms with Gasteiger partial charge in [-0.25, -0.2) is 0 Å². The van der Waals surface area contributed by atoms with Crippen LogP contribution in [0.3, 0.4) is 0 Å². The van der Waals surface area contributed by atoms with Crippen LogP contribution in [0.2, 0.25) is 0 Å². The molecule has 0 aromatic rings. The van der Waals surface area contributed by atoms with Crippen molar-refractivity contribution in [1.29, 1.82) is 0 Å². The Kier molecular flexibility index (Phi) is 9.92. The fraction of sp³-hybridized carbons (Fsp3) is 1.00. The van der Waals surface area contributed by atoms with Crippen LogP contribution < -0.4 is 5.73 Å². The number of hydrogen-bond acceptors (Lipinski definition) is 4. The van der Waals surface area contributed by atoms with Crippen LogP contribution in [0.1, 0.15) is 13.8 Å². The molecule has 4 heteroatoms. The predicted molar refractivity (Wildman–Crippen MR) is 71.8 cm³/mol. The Labute approximate surface area is 101 Å². The Morgan fingerprint density at radius 1 is 0.750 bits per heavy atom. The second kappa shape index (κ2) is 10.0. The molecule has 0 spiro atoms. The zero-order valence-corrected chi connectivity index (χ0v) is 11.6. The molecule has 0 heterocycles. The van der Waals surface area contributed by atoms with Gasteiger partial charge in [-0.1, -0.05) is 13.8 Å². The Bertz CT molecular complexity index is 146. The SMILES string of the molecule is CCN(CC)CCN(CCN)CCN(C)C. The standard InChI is InChI=1S/C12H30N4/c1-5-15(6-2)11-12-16(8-7-13)10-9-14(3)4/h5-13H2,1-4H3. The molecule has 0 atom stereocenters. The summed E-state index contributed by atoms with van der Waals surface area (Å²) in [5.41, 5.74) is 5.64. The Hall–Kier alpha value is -0.160. The van der Waals surface area contributed by atoms with Gasteiger partial charge in [0.1, 0.15) is 0 Å². The summed E-state index contributed by atoms with van der Waals surface area (Å²) in [6, 6.07) is 0. The first kappa shape index (κ1) is 15.8. The second-order valence-electron chi connectivity index (χ2n) is 4.46. The summed E-state index contributed by atoms with van der Waals surface area (Å²) >= 11 is 0. The molecule has 0 saturated heterocycles. The van der Waals surface area contributed by atoms with E-state index in [4.69, 9.17) is 5.73 Å². The number of likely N-dealkylation sites (N-methyl/N-ethyl adjacent to an activating group) is 2. The van der Waals surface area contributed by atoms with E-state index in [-0.39, 0.29) is 0 Å². The fourth-order valence-corrected chi connectivity index (χ4v) is 1.68. The number of rotatable bonds is 10. The van der Waals surface area contributed by atoms with Gasteiger partial charge in [0.05, 0.1) is 0 Å². The van der Waals surface area contributed by atoms with E-state index < -0.39 is 0 Å². The predicted octanol–water partition coefficient (Wildman–Crippen LogP) is 0.151. The summed E-state index contributed by atoms with van der Waals surface area (Å²) in [6.07, 6.45) is 0. The van der Waals surface area contributed by atoms with Gasteiger partial charge in [-0.3, -0.25) is 4.90 Å². The molecule has 0 radical (unpaired) electrons. The molecule has 98 valence electrons. The largest absolute Gasteiger partial charge is 0.329 e. The maximum absolute atomic E-state index is 5.64. The molecule has 0 aliphatic heterocycles. The molecule has 0 aliphatic rings. The molecule has 0 aliphatic carbocycles. The lowest BCUT2D eigenvalue weighted by molar-refractivity contribution is 0.203. The van der Waals surface area contributed by atoms with Gasteiger partial charge in [0.2, 0.25) is 0 Å². The third-order valence-corrected chi connectivity index (χ3v) is 2.94. The van der Waals surface area contributed by atoms with Gasteiger partial charge in [0, 0.05) is 39.3 Å². The summed E-state index contributed by atoms with van der Waals surface area (Å²) in [7, 11) is 4.23. The summed E-state index contributed by atoms with van der Waals surface area (Å²) in [6.45, 7) is 13.0. The highest BCUT2D eigenvalue weighted by Crippen LogP contribution is 1.92. The molecular formula is C12H30N4. The maximum atomic E-state index is 5.64. The van der Waals surface area contributed by atoms with Crippen LogP contribution in [0.5, 0.6) is 0 Å². The molecule has 4 nitrogen and oxygen atoms in total. The van der Waals surface area contributed by atoms with Crippen molar-refractivity contribution < 1.29 is 0 Å². The third kappa shape index (κ3) is 8.05. The molecule has 0 rings (SSSR count). The Morgan fingerprint density at radius 2 is 1.25 bits per heavy atom. The van der Waals surface area contributed by atoms with Crippen molar-refractivity contribution in [2.75, 3.05) is 66.5 Å². The monoisotopic (exact) mass is 230 g/mol. The molecular weight excluding hydrogens is 200 g/mol. The first-order valence-electron chi connectivity index (χ1n) is 6.43. The van der Waals surface area contributed by atoms with E-state index in [1.165, 1.54) is 0 Å². The summed E-state index contributed by atoms with van der Waals surface area (Å²) < 4.78 is 0. The van der Waals surface area contributed by atoms with Crippen LogP contribution in [0.4, 0.5) is 0 Å². The minimum atomic E-state index is 0.756. The molecule has 2 N–H and O–H groups in total. The van der Waals surface area contributed by atoms with E-state index in [0.717, 1.165) is 52.4 Å². The minimum Gasteiger partial charge on any atom is -0.329 e. The van der Waals surface area contributed by atoms with Gasteiger partial charge in [-0.05, 0) is 27.2 Å². The number of nitrogens with two attached hydrogens (primary N) is 1. The van der Waals surface area contributed by atoms with Crippen molar-refractivity contribution >= 4 is 0 Å². The lowest BCUT2D eigenvalue weighted by Crippen LogP contribution is -2.40. The molecule has 0 fully saturated rings. The van der Waals surface area contributed by atoms with Crippen LogP contribution in [0, 0.1) is 0 Å². The first-order chi connectivity index (χ1) is 7.63. The van der Waals surface area contributed by atoms with Crippen molar-refractivity contribution in [3.05, 3.63) is 0 Å². The molecule has 0 amide bonds. The lowest BCUT2D eigenvalue weighted by atomic mass is 10.4. The average molecular weight is 230 g/mol. The average Bonchev–Trinajstić information content (AvgIpc) is 2.26. The van der Waals surface area contributed by atoms with Crippen LogP contribution in [0.25, 0.3) is 0 Å². The van der Waals surface area contributed by atoms with E-state index in [2.05, 4.69) is 42.6 Å². The van der Waals surface area contributed by atoms with Crippen LogP contribution in [-0.4, -0.2) is 81.2 Å². The third-order valence-electron chi connectivity index (χ3n) is 2.94. The quantitative estimate of drug-likeness (QED) is 0.579. The normalized spacial score (nSPS) is 12.0. The molecule has 0 unspecified atom stereocenters. The van der Waals surface area contributed by atoms with Gasteiger partial charge < -0.3 is 15.5 Å². The van der Waals surface area contributed by atoms with Crippen LogP contribution in [-0.2, 0) is 0 Å².